The van der Waals surface area contributed by atoms with Crippen LogP contribution in [0.4, 0.5) is 11.4 Å². The monoisotopic (exact) mass is 285 g/mol. The second kappa shape index (κ2) is 6.90. The average Bonchev–Trinajstić information content (AvgIpc) is 2.48. The van der Waals surface area contributed by atoms with Gasteiger partial charge in [-0.05, 0) is 48.7 Å². The summed E-state index contributed by atoms with van der Waals surface area (Å²) in [5.74, 6) is -0.912. The quantitative estimate of drug-likeness (QED) is 0.851. The number of aryl methyl sites for hydroxylation is 1. The highest BCUT2D eigenvalue weighted by atomic mass is 16.5. The van der Waals surface area contributed by atoms with Crippen LogP contribution in [0, 0.1) is 6.92 Å². The van der Waals surface area contributed by atoms with Crippen LogP contribution in [-0.4, -0.2) is 24.8 Å². The van der Waals surface area contributed by atoms with Gasteiger partial charge in [0.25, 0.3) is 0 Å². The number of carboxylic acid groups (broad SMARTS) is 1. The molecule has 2 aromatic rings. The van der Waals surface area contributed by atoms with E-state index in [0.29, 0.717) is 12.2 Å². The Morgan fingerprint density at radius 1 is 1.19 bits per heavy atom. The number of para-hydroxylation sites is 1. The highest BCUT2D eigenvalue weighted by Gasteiger charge is 2.07. The molecule has 0 amide bonds. The number of aromatic carboxylic acids is 1. The van der Waals surface area contributed by atoms with Crippen molar-refractivity contribution < 1.29 is 14.6 Å². The molecular formula is C17H19NO3. The Morgan fingerprint density at radius 2 is 1.95 bits per heavy atom. The molecule has 0 spiro atoms. The maximum absolute atomic E-state index is 11.0. The lowest BCUT2D eigenvalue weighted by Crippen LogP contribution is -2.02. The summed E-state index contributed by atoms with van der Waals surface area (Å²) in [6.45, 7) is 2.56. The molecule has 0 unspecified atom stereocenters. The van der Waals surface area contributed by atoms with Gasteiger partial charge in [-0.25, -0.2) is 4.79 Å². The number of hydrogen-bond donors (Lipinski definition) is 2. The van der Waals surface area contributed by atoms with Gasteiger partial charge in [0.2, 0.25) is 0 Å². The number of methoxy groups -OCH3 is 1. The summed E-state index contributed by atoms with van der Waals surface area (Å²) in [4.78, 5) is 11.0. The van der Waals surface area contributed by atoms with Gasteiger partial charge in [0, 0.05) is 18.5 Å². The smallest absolute Gasteiger partial charge is 0.335 e. The van der Waals surface area contributed by atoms with Crippen LogP contribution in [0.1, 0.15) is 21.5 Å². The Hall–Kier alpha value is -2.33. The first-order chi connectivity index (χ1) is 10.1. The molecule has 2 aromatic carbocycles. The zero-order valence-electron chi connectivity index (χ0n) is 12.2. The fourth-order valence-corrected chi connectivity index (χ4v) is 2.15. The minimum absolute atomic E-state index is 0.297. The molecule has 21 heavy (non-hydrogen) atoms. The molecule has 2 N–H and O–H groups in total. The van der Waals surface area contributed by atoms with E-state index in [9.17, 15) is 4.79 Å². The maximum atomic E-state index is 11.0. The molecule has 4 heteroatoms. The number of nitrogens with one attached hydrogen (secondary N) is 1. The normalized spacial score (nSPS) is 10.4. The number of ether oxygens (including phenoxy) is 1. The van der Waals surface area contributed by atoms with Gasteiger partial charge in [-0.2, -0.15) is 0 Å². The molecule has 0 aliphatic heterocycles. The van der Waals surface area contributed by atoms with E-state index in [1.165, 1.54) is 5.56 Å². The highest BCUT2D eigenvalue weighted by molar-refractivity contribution is 5.88. The topological polar surface area (TPSA) is 58.6 Å². The summed E-state index contributed by atoms with van der Waals surface area (Å²) in [6.07, 6.45) is 0.825. The van der Waals surface area contributed by atoms with E-state index in [1.807, 2.05) is 25.1 Å². The average molecular weight is 285 g/mol. The van der Waals surface area contributed by atoms with Crippen molar-refractivity contribution in [1.29, 1.82) is 0 Å². The number of hydrogen-bond acceptors (Lipinski definition) is 3. The molecule has 0 atom stereocenters. The SMILES string of the molecule is COCCc1ccccc1Nc1ccc(C(=O)O)cc1C. The van der Waals surface area contributed by atoms with Gasteiger partial charge in [-0.1, -0.05) is 18.2 Å². The molecule has 0 bridgehead atoms. The lowest BCUT2D eigenvalue weighted by atomic mass is 10.1. The van der Waals surface area contributed by atoms with Crippen LogP contribution in [0.25, 0.3) is 0 Å². The van der Waals surface area contributed by atoms with Crippen molar-refractivity contribution in [2.45, 2.75) is 13.3 Å². The first kappa shape index (κ1) is 15.1. The van der Waals surface area contributed by atoms with Gasteiger partial charge in [0.1, 0.15) is 0 Å². The number of carboxylic acids is 1. The number of rotatable bonds is 6. The third-order valence-corrected chi connectivity index (χ3v) is 3.34. The third kappa shape index (κ3) is 3.83. The van der Waals surface area contributed by atoms with Crippen LogP contribution in [0.3, 0.4) is 0 Å². The summed E-state index contributed by atoms with van der Waals surface area (Å²) in [6, 6.07) is 13.1. The zero-order chi connectivity index (χ0) is 15.2. The van der Waals surface area contributed by atoms with Gasteiger partial charge >= 0.3 is 5.97 Å². The van der Waals surface area contributed by atoms with E-state index >= 15 is 0 Å². The molecule has 2 rings (SSSR count). The van der Waals surface area contributed by atoms with Crippen molar-refractivity contribution in [2.24, 2.45) is 0 Å². The van der Waals surface area contributed by atoms with E-state index in [-0.39, 0.29) is 0 Å². The maximum Gasteiger partial charge on any atom is 0.335 e. The van der Waals surface area contributed by atoms with Crippen LogP contribution in [0.15, 0.2) is 42.5 Å². The Kier molecular flexibility index (Phi) is 4.95. The first-order valence-electron chi connectivity index (χ1n) is 6.79. The molecule has 0 aromatic heterocycles. The van der Waals surface area contributed by atoms with Crippen molar-refractivity contribution in [3.05, 3.63) is 59.2 Å². The van der Waals surface area contributed by atoms with Gasteiger partial charge < -0.3 is 15.2 Å². The molecular weight excluding hydrogens is 266 g/mol. The predicted octanol–water partition coefficient (Wildman–Crippen LogP) is 3.63. The number of benzene rings is 2. The fourth-order valence-electron chi connectivity index (χ4n) is 2.15. The Bertz CT molecular complexity index is 638. The summed E-state index contributed by atoms with van der Waals surface area (Å²) < 4.78 is 5.12. The Morgan fingerprint density at radius 3 is 2.62 bits per heavy atom. The van der Waals surface area contributed by atoms with Crippen LogP contribution in [0.5, 0.6) is 0 Å². The lowest BCUT2D eigenvalue weighted by molar-refractivity contribution is 0.0697. The minimum Gasteiger partial charge on any atom is -0.478 e. The summed E-state index contributed by atoms with van der Waals surface area (Å²) in [5.41, 5.74) is 4.29. The Labute approximate surface area is 124 Å². The number of anilines is 2. The van der Waals surface area contributed by atoms with Crippen molar-refractivity contribution in [3.63, 3.8) is 0 Å². The molecule has 4 nitrogen and oxygen atoms in total. The second-order valence-corrected chi connectivity index (χ2v) is 4.86. The minimum atomic E-state index is -0.912. The summed E-state index contributed by atoms with van der Waals surface area (Å²) >= 11 is 0. The molecule has 0 aliphatic carbocycles. The molecule has 110 valence electrons. The standard InChI is InChI=1S/C17H19NO3/c1-12-11-14(17(19)20)7-8-15(12)18-16-6-4-3-5-13(16)9-10-21-2/h3-8,11,18H,9-10H2,1-2H3,(H,19,20). The van der Waals surface area contributed by atoms with Crippen molar-refractivity contribution in [1.82, 2.24) is 0 Å². The van der Waals surface area contributed by atoms with Crippen LogP contribution in [0.2, 0.25) is 0 Å². The molecule has 0 aliphatic rings. The van der Waals surface area contributed by atoms with Gasteiger partial charge in [-0.15, -0.1) is 0 Å². The zero-order valence-corrected chi connectivity index (χ0v) is 12.2. The van der Waals surface area contributed by atoms with Gasteiger partial charge in [-0.3, -0.25) is 0 Å². The van der Waals surface area contributed by atoms with E-state index in [0.717, 1.165) is 23.4 Å². The van der Waals surface area contributed by atoms with E-state index in [1.54, 1.807) is 25.3 Å². The Balaban J connectivity index is 2.24. The second-order valence-electron chi connectivity index (χ2n) is 4.86. The molecule has 0 saturated carbocycles. The number of carbonyl (C=O) groups is 1. The van der Waals surface area contributed by atoms with Crippen molar-refractivity contribution in [2.75, 3.05) is 19.0 Å². The highest BCUT2D eigenvalue weighted by Crippen LogP contribution is 2.24. The van der Waals surface area contributed by atoms with E-state index in [2.05, 4.69) is 11.4 Å². The fraction of sp³-hybridized carbons (Fsp3) is 0.235. The lowest BCUT2D eigenvalue weighted by Gasteiger charge is -2.14. The van der Waals surface area contributed by atoms with Crippen LogP contribution in [-0.2, 0) is 11.2 Å². The molecule has 0 heterocycles. The van der Waals surface area contributed by atoms with E-state index in [4.69, 9.17) is 9.84 Å². The summed E-state index contributed by atoms with van der Waals surface area (Å²) in [5, 5.41) is 12.4. The van der Waals surface area contributed by atoms with Crippen molar-refractivity contribution >= 4 is 17.3 Å². The molecule has 0 radical (unpaired) electrons. The van der Waals surface area contributed by atoms with Gasteiger partial charge in [0.05, 0.1) is 12.2 Å². The predicted molar refractivity (Wildman–Crippen MR) is 83.4 cm³/mol. The van der Waals surface area contributed by atoms with Crippen LogP contribution < -0.4 is 5.32 Å². The first-order valence-corrected chi connectivity index (χ1v) is 6.79. The largest absolute Gasteiger partial charge is 0.478 e. The van der Waals surface area contributed by atoms with E-state index < -0.39 is 5.97 Å². The van der Waals surface area contributed by atoms with Gasteiger partial charge in [0.15, 0.2) is 0 Å². The van der Waals surface area contributed by atoms with Crippen molar-refractivity contribution in [3.8, 4) is 0 Å². The summed E-state index contributed by atoms with van der Waals surface area (Å²) in [7, 11) is 1.69. The molecule has 0 fully saturated rings. The molecule has 0 saturated heterocycles. The third-order valence-electron chi connectivity index (χ3n) is 3.34. The van der Waals surface area contributed by atoms with Crippen LogP contribution >= 0.6 is 0 Å².